The Morgan fingerprint density at radius 1 is 1.10 bits per heavy atom. The van der Waals surface area contributed by atoms with Gasteiger partial charge in [0.1, 0.15) is 18.2 Å². The highest BCUT2D eigenvalue weighted by atomic mass is 35.5. The fourth-order valence-corrected chi connectivity index (χ4v) is 3.64. The second-order valence-electron chi connectivity index (χ2n) is 6.47. The molecule has 0 aromatic heterocycles. The lowest BCUT2D eigenvalue weighted by Gasteiger charge is -2.20. The van der Waals surface area contributed by atoms with Gasteiger partial charge in [-0.15, -0.1) is 0 Å². The maximum Gasteiger partial charge on any atom is 0.263 e. The van der Waals surface area contributed by atoms with E-state index in [1.165, 1.54) is 18.2 Å². The number of benzene rings is 2. The number of amides is 3. The third-order valence-corrected chi connectivity index (χ3v) is 5.07. The topological polar surface area (TPSA) is 94.4 Å². The van der Waals surface area contributed by atoms with Crippen molar-refractivity contribution in [3.05, 3.63) is 58.1 Å². The number of fused-ring (bicyclic) bond motifs is 1. The largest absolute Gasteiger partial charge is 0.323 e. The van der Waals surface area contributed by atoms with E-state index >= 15 is 0 Å². The number of imide groups is 1. The van der Waals surface area contributed by atoms with Crippen LogP contribution in [0.1, 0.15) is 0 Å². The average molecular weight is 454 g/mol. The highest BCUT2D eigenvalue weighted by molar-refractivity contribution is 6.36. The summed E-state index contributed by atoms with van der Waals surface area (Å²) >= 11 is 11.8. The van der Waals surface area contributed by atoms with Gasteiger partial charge in [-0.3, -0.25) is 19.4 Å². The number of anilines is 2. The van der Waals surface area contributed by atoms with Gasteiger partial charge < -0.3 is 5.32 Å². The fourth-order valence-electron chi connectivity index (χ4n) is 3.18. The van der Waals surface area contributed by atoms with Crippen molar-refractivity contribution < 1.29 is 23.2 Å². The molecule has 1 fully saturated rings. The Kier molecular flexibility index (Phi) is 5.12. The number of carbonyl (C=O) groups excluding carboxylic acids is 3. The molecular formula is C18H11Cl2F2N5O3. The smallest absolute Gasteiger partial charge is 0.263 e. The van der Waals surface area contributed by atoms with Gasteiger partial charge in [0, 0.05) is 11.1 Å². The summed E-state index contributed by atoms with van der Waals surface area (Å²) in [5.41, 5.74) is -0.101. The van der Waals surface area contributed by atoms with E-state index in [1.54, 1.807) is 0 Å². The molecule has 154 valence electrons. The van der Waals surface area contributed by atoms with Crippen molar-refractivity contribution in [2.75, 3.05) is 16.8 Å². The van der Waals surface area contributed by atoms with Crippen LogP contribution >= 0.6 is 23.2 Å². The SMILES string of the molecule is O=C(CN1N=N[C@@H]2C(=O)N(c3ccc(F)cc3F)C(=O)[C@@H]21)Nc1ccc(Cl)cc1Cl. The van der Waals surface area contributed by atoms with E-state index in [-0.39, 0.29) is 5.02 Å². The van der Waals surface area contributed by atoms with Crippen LogP contribution in [0, 0.1) is 11.6 Å². The summed E-state index contributed by atoms with van der Waals surface area (Å²) in [6.07, 6.45) is 0. The minimum atomic E-state index is -1.23. The number of rotatable bonds is 4. The van der Waals surface area contributed by atoms with Crippen molar-refractivity contribution >= 4 is 52.3 Å². The second-order valence-corrected chi connectivity index (χ2v) is 7.32. The molecule has 3 amide bonds. The Balaban J connectivity index is 1.51. The van der Waals surface area contributed by atoms with Gasteiger partial charge in [0.15, 0.2) is 12.1 Å². The molecular weight excluding hydrogens is 443 g/mol. The third kappa shape index (κ3) is 3.48. The standard InChI is InChI=1S/C18H11Cl2F2N5O3/c19-8-1-3-12(10(20)5-8)23-14(28)7-26-16-15(24-25-26)17(29)27(18(16)30)13-4-2-9(21)6-11(13)22/h1-6,15-16H,7H2,(H,23,28)/t15-,16+/m0/s1. The first-order chi connectivity index (χ1) is 14.3. The van der Waals surface area contributed by atoms with Crippen LogP contribution in [-0.4, -0.2) is 41.4 Å². The molecule has 8 nitrogen and oxygen atoms in total. The van der Waals surface area contributed by atoms with Crippen molar-refractivity contribution in [1.29, 1.82) is 0 Å². The Morgan fingerprint density at radius 2 is 1.87 bits per heavy atom. The van der Waals surface area contributed by atoms with Crippen LogP contribution in [-0.2, 0) is 14.4 Å². The second kappa shape index (κ2) is 7.62. The Labute approximate surface area is 178 Å². The van der Waals surface area contributed by atoms with Gasteiger partial charge in [-0.1, -0.05) is 28.4 Å². The van der Waals surface area contributed by atoms with Gasteiger partial charge in [-0.2, -0.15) is 5.11 Å². The zero-order valence-electron chi connectivity index (χ0n) is 14.9. The molecule has 2 aliphatic heterocycles. The van der Waals surface area contributed by atoms with Gasteiger partial charge in [0.05, 0.1) is 16.4 Å². The first-order valence-corrected chi connectivity index (χ1v) is 9.27. The summed E-state index contributed by atoms with van der Waals surface area (Å²) in [4.78, 5) is 38.3. The quantitative estimate of drug-likeness (QED) is 0.719. The predicted molar refractivity (Wildman–Crippen MR) is 103 cm³/mol. The number of halogens is 4. The van der Waals surface area contributed by atoms with Crippen LogP contribution in [0.15, 0.2) is 46.7 Å². The molecule has 0 saturated carbocycles. The van der Waals surface area contributed by atoms with E-state index in [4.69, 9.17) is 23.2 Å². The van der Waals surface area contributed by atoms with Gasteiger partial charge in [0.25, 0.3) is 11.8 Å². The highest BCUT2D eigenvalue weighted by Gasteiger charge is 2.55. The zero-order chi connectivity index (χ0) is 21.6. The molecule has 0 bridgehead atoms. The molecule has 2 heterocycles. The first kappa shape index (κ1) is 20.2. The fraction of sp³-hybridized carbons (Fsp3) is 0.167. The van der Waals surface area contributed by atoms with Crippen LogP contribution in [0.2, 0.25) is 10.0 Å². The molecule has 2 aliphatic rings. The molecule has 30 heavy (non-hydrogen) atoms. The Bertz CT molecular complexity index is 1110. The molecule has 1 N–H and O–H groups in total. The van der Waals surface area contributed by atoms with Crippen molar-refractivity contribution in [1.82, 2.24) is 5.01 Å². The van der Waals surface area contributed by atoms with E-state index < -0.39 is 53.7 Å². The van der Waals surface area contributed by atoms with Gasteiger partial charge in [0.2, 0.25) is 5.91 Å². The number of nitrogens with zero attached hydrogens (tertiary/aromatic N) is 4. The van der Waals surface area contributed by atoms with Crippen LogP contribution in [0.25, 0.3) is 0 Å². The summed E-state index contributed by atoms with van der Waals surface area (Å²) < 4.78 is 27.3. The van der Waals surface area contributed by atoms with E-state index in [2.05, 4.69) is 15.7 Å². The number of hydrogen-bond acceptors (Lipinski definition) is 6. The molecule has 2 aromatic carbocycles. The molecule has 4 rings (SSSR count). The van der Waals surface area contributed by atoms with Crippen LogP contribution in [0.3, 0.4) is 0 Å². The maximum atomic E-state index is 14.1. The van der Waals surface area contributed by atoms with E-state index in [0.29, 0.717) is 21.7 Å². The normalized spacial score (nSPS) is 20.1. The van der Waals surface area contributed by atoms with Gasteiger partial charge >= 0.3 is 0 Å². The minimum Gasteiger partial charge on any atom is -0.323 e. The summed E-state index contributed by atoms with van der Waals surface area (Å²) in [6.45, 7) is -0.414. The maximum absolute atomic E-state index is 14.1. The highest BCUT2D eigenvalue weighted by Crippen LogP contribution is 2.33. The van der Waals surface area contributed by atoms with Crippen LogP contribution in [0.5, 0.6) is 0 Å². The summed E-state index contributed by atoms with van der Waals surface area (Å²) in [5, 5.41) is 11.6. The molecule has 1 saturated heterocycles. The van der Waals surface area contributed by atoms with Crippen LogP contribution < -0.4 is 10.2 Å². The van der Waals surface area contributed by atoms with E-state index in [0.717, 1.165) is 17.1 Å². The molecule has 2 atom stereocenters. The zero-order valence-corrected chi connectivity index (χ0v) is 16.4. The molecule has 0 unspecified atom stereocenters. The average Bonchev–Trinajstić information content (AvgIpc) is 3.19. The molecule has 0 radical (unpaired) electrons. The summed E-state index contributed by atoms with van der Waals surface area (Å²) in [6, 6.07) is 4.50. The lowest BCUT2D eigenvalue weighted by Crippen LogP contribution is -2.43. The van der Waals surface area contributed by atoms with Crippen LogP contribution in [0.4, 0.5) is 20.2 Å². The Morgan fingerprint density at radius 3 is 2.57 bits per heavy atom. The van der Waals surface area contributed by atoms with Gasteiger partial charge in [-0.25, -0.2) is 13.7 Å². The van der Waals surface area contributed by atoms with Crippen molar-refractivity contribution in [2.45, 2.75) is 12.1 Å². The molecule has 0 aliphatic carbocycles. The number of hydrogen-bond donors (Lipinski definition) is 1. The number of carbonyl (C=O) groups is 3. The lowest BCUT2D eigenvalue weighted by molar-refractivity contribution is -0.123. The van der Waals surface area contributed by atoms with Crippen molar-refractivity contribution in [3.63, 3.8) is 0 Å². The summed E-state index contributed by atoms with van der Waals surface area (Å²) in [5.74, 6) is -4.14. The summed E-state index contributed by atoms with van der Waals surface area (Å²) in [7, 11) is 0. The molecule has 0 spiro atoms. The van der Waals surface area contributed by atoms with Gasteiger partial charge in [-0.05, 0) is 30.3 Å². The molecule has 12 heteroatoms. The third-order valence-electron chi connectivity index (χ3n) is 4.52. The minimum absolute atomic E-state index is 0.210. The monoisotopic (exact) mass is 453 g/mol. The van der Waals surface area contributed by atoms with E-state index in [1.807, 2.05) is 0 Å². The first-order valence-electron chi connectivity index (χ1n) is 8.51. The van der Waals surface area contributed by atoms with Crippen molar-refractivity contribution in [3.8, 4) is 0 Å². The number of nitrogens with one attached hydrogen (secondary N) is 1. The predicted octanol–water partition coefficient (Wildman–Crippen LogP) is 3.20. The lowest BCUT2D eigenvalue weighted by atomic mass is 10.1. The van der Waals surface area contributed by atoms with Crippen molar-refractivity contribution in [2.24, 2.45) is 10.3 Å². The van der Waals surface area contributed by atoms with E-state index in [9.17, 15) is 23.2 Å². The Hall–Kier alpha value is -3.11. The molecule has 2 aromatic rings.